The Morgan fingerprint density at radius 3 is 0.765 bits per heavy atom. The fraction of sp³-hybridized carbons (Fsp3) is 0.933. The van der Waals surface area contributed by atoms with Crippen LogP contribution in [0.25, 0.3) is 0 Å². The maximum Gasteiger partial charge on any atom is 0.305 e. The summed E-state index contributed by atoms with van der Waals surface area (Å²) in [4.78, 5) is 23.7. The quantitative estimate of drug-likeness (QED) is 0.324. The highest BCUT2D eigenvalue weighted by Crippen LogP contribution is 2.15. The average molecular weight is 481 g/mol. The highest BCUT2D eigenvalue weighted by atomic mass is 16.5. The molecular weight excluding hydrogens is 424 g/mol. The van der Waals surface area contributed by atoms with Gasteiger partial charge in [-0.25, -0.2) is 0 Å². The lowest BCUT2D eigenvalue weighted by atomic mass is 10.0. The molecule has 0 N–H and O–H groups in total. The van der Waals surface area contributed by atoms with Crippen molar-refractivity contribution < 1.29 is 19.1 Å². The Kier molecular flexibility index (Phi) is 22.8. The van der Waals surface area contributed by atoms with Gasteiger partial charge in [-0.3, -0.25) is 9.59 Å². The summed E-state index contributed by atoms with van der Waals surface area (Å²) in [6, 6.07) is 0. The Morgan fingerprint density at radius 1 is 0.294 bits per heavy atom. The third-order valence-electron chi connectivity index (χ3n) is 7.08. The molecule has 0 aromatic rings. The Bertz CT molecular complexity index is 421. The maximum absolute atomic E-state index is 11.8. The molecule has 1 heterocycles. The molecule has 0 unspecified atom stereocenters. The van der Waals surface area contributed by atoms with E-state index < -0.39 is 0 Å². The summed E-state index contributed by atoms with van der Waals surface area (Å²) < 4.78 is 10.7. The Balaban J connectivity index is 2.12. The lowest BCUT2D eigenvalue weighted by molar-refractivity contribution is -0.144. The summed E-state index contributed by atoms with van der Waals surface area (Å²) in [7, 11) is 0. The molecule has 4 heteroatoms. The van der Waals surface area contributed by atoms with Crippen molar-refractivity contribution in [1.82, 2.24) is 0 Å². The largest absolute Gasteiger partial charge is 0.466 e. The van der Waals surface area contributed by atoms with Crippen LogP contribution in [0.1, 0.15) is 167 Å². The van der Waals surface area contributed by atoms with E-state index in [1.165, 1.54) is 103 Å². The molecule has 34 heavy (non-hydrogen) atoms. The second kappa shape index (κ2) is 25.0. The predicted octanol–water partition coefficient (Wildman–Crippen LogP) is 9.23. The van der Waals surface area contributed by atoms with Crippen LogP contribution in [-0.4, -0.2) is 25.2 Å². The Labute approximate surface area is 211 Å². The van der Waals surface area contributed by atoms with Gasteiger partial charge in [0, 0.05) is 12.8 Å². The number of rotatable bonds is 0. The first kappa shape index (κ1) is 31.0. The Hall–Kier alpha value is -1.06. The smallest absolute Gasteiger partial charge is 0.305 e. The van der Waals surface area contributed by atoms with Crippen molar-refractivity contribution in [1.29, 1.82) is 0 Å². The summed E-state index contributed by atoms with van der Waals surface area (Å²) >= 11 is 0. The van der Waals surface area contributed by atoms with Crippen LogP contribution in [0.3, 0.4) is 0 Å². The van der Waals surface area contributed by atoms with E-state index >= 15 is 0 Å². The number of hydrogen-bond donors (Lipinski definition) is 0. The van der Waals surface area contributed by atoms with Crippen molar-refractivity contribution in [2.24, 2.45) is 0 Å². The molecule has 1 aliphatic heterocycles. The molecule has 1 rings (SSSR count). The number of ether oxygens (including phenoxy) is 2. The van der Waals surface area contributed by atoms with Crippen molar-refractivity contribution in [3.8, 4) is 0 Å². The van der Waals surface area contributed by atoms with E-state index in [4.69, 9.17) is 9.47 Å². The number of cyclic esters (lactones) is 2. The molecule has 0 bridgehead atoms. The number of carbonyl (C=O) groups is 2. The van der Waals surface area contributed by atoms with E-state index in [2.05, 4.69) is 0 Å². The molecule has 0 atom stereocenters. The zero-order chi connectivity index (χ0) is 24.4. The molecule has 0 aliphatic carbocycles. The molecule has 200 valence electrons. The van der Waals surface area contributed by atoms with Crippen LogP contribution in [0, 0.1) is 0 Å². The molecular formula is C30H56O4. The maximum atomic E-state index is 11.8. The van der Waals surface area contributed by atoms with Crippen LogP contribution in [-0.2, 0) is 19.1 Å². The second-order valence-corrected chi connectivity index (χ2v) is 10.4. The van der Waals surface area contributed by atoms with Gasteiger partial charge in [0.05, 0.1) is 13.2 Å². The first-order valence-corrected chi connectivity index (χ1v) is 15.1. The van der Waals surface area contributed by atoms with E-state index in [0.717, 1.165) is 51.4 Å². The fourth-order valence-electron chi connectivity index (χ4n) is 4.79. The minimum absolute atomic E-state index is 0.0336. The van der Waals surface area contributed by atoms with Crippen LogP contribution in [0.15, 0.2) is 0 Å². The number of hydrogen-bond acceptors (Lipinski definition) is 4. The van der Waals surface area contributed by atoms with Crippen molar-refractivity contribution in [3.05, 3.63) is 0 Å². The first-order chi connectivity index (χ1) is 16.8. The molecule has 0 spiro atoms. The third-order valence-corrected chi connectivity index (χ3v) is 7.08. The number of esters is 2. The minimum Gasteiger partial charge on any atom is -0.466 e. The van der Waals surface area contributed by atoms with Crippen molar-refractivity contribution >= 4 is 11.9 Å². The Morgan fingerprint density at radius 2 is 0.500 bits per heavy atom. The van der Waals surface area contributed by atoms with E-state index in [1.807, 2.05) is 0 Å². The molecule has 0 saturated carbocycles. The summed E-state index contributed by atoms with van der Waals surface area (Å²) in [5.41, 5.74) is 0. The standard InChI is InChI=1S/C30H56O4/c31-29-25-21-17-13-14-18-22-26-30(32)34-28-24-20-16-12-10-8-6-4-2-1-3-5-7-9-11-15-19-23-27-33-29/h1-28H2. The van der Waals surface area contributed by atoms with Gasteiger partial charge in [0.25, 0.3) is 0 Å². The van der Waals surface area contributed by atoms with E-state index in [1.54, 1.807) is 0 Å². The lowest BCUT2D eigenvalue weighted by Crippen LogP contribution is -2.06. The fourth-order valence-corrected chi connectivity index (χ4v) is 4.79. The van der Waals surface area contributed by atoms with Gasteiger partial charge in [0.15, 0.2) is 0 Å². The van der Waals surface area contributed by atoms with Gasteiger partial charge < -0.3 is 9.47 Å². The van der Waals surface area contributed by atoms with Crippen LogP contribution < -0.4 is 0 Å². The zero-order valence-corrected chi connectivity index (χ0v) is 22.4. The zero-order valence-electron chi connectivity index (χ0n) is 22.4. The minimum atomic E-state index is -0.0336. The van der Waals surface area contributed by atoms with Gasteiger partial charge in [-0.2, -0.15) is 0 Å². The van der Waals surface area contributed by atoms with Crippen LogP contribution >= 0.6 is 0 Å². The second-order valence-electron chi connectivity index (χ2n) is 10.4. The van der Waals surface area contributed by atoms with Gasteiger partial charge in [-0.05, 0) is 25.7 Å². The van der Waals surface area contributed by atoms with Gasteiger partial charge in [-0.1, -0.05) is 128 Å². The SMILES string of the molecule is O=C1CCCCCCCCC(=O)OCCCCCCCCCCCCCCCCCCCCO1. The molecule has 1 aliphatic rings. The van der Waals surface area contributed by atoms with E-state index in [0.29, 0.717) is 26.1 Å². The highest BCUT2D eigenvalue weighted by molar-refractivity contribution is 5.69. The van der Waals surface area contributed by atoms with Gasteiger partial charge >= 0.3 is 11.9 Å². The molecule has 1 fully saturated rings. The van der Waals surface area contributed by atoms with Gasteiger partial charge in [0.1, 0.15) is 0 Å². The first-order valence-electron chi connectivity index (χ1n) is 15.1. The third kappa shape index (κ3) is 22.7. The lowest BCUT2D eigenvalue weighted by Gasteiger charge is -2.06. The molecule has 0 aromatic heterocycles. The van der Waals surface area contributed by atoms with Crippen LogP contribution in [0.5, 0.6) is 0 Å². The average Bonchev–Trinajstić information content (AvgIpc) is 2.83. The van der Waals surface area contributed by atoms with Gasteiger partial charge in [-0.15, -0.1) is 0 Å². The predicted molar refractivity (Wildman–Crippen MR) is 142 cm³/mol. The number of carbonyl (C=O) groups excluding carboxylic acids is 2. The van der Waals surface area contributed by atoms with Gasteiger partial charge in [0.2, 0.25) is 0 Å². The van der Waals surface area contributed by atoms with Crippen LogP contribution in [0.2, 0.25) is 0 Å². The normalized spacial score (nSPS) is 22.9. The summed E-state index contributed by atoms with van der Waals surface area (Å²) in [6.45, 7) is 1.18. The topological polar surface area (TPSA) is 52.6 Å². The molecule has 0 aromatic carbocycles. The molecule has 1 saturated heterocycles. The molecule has 0 radical (unpaired) electrons. The molecule has 4 nitrogen and oxygen atoms in total. The summed E-state index contributed by atoms with van der Waals surface area (Å²) in [6.07, 6.45) is 30.8. The van der Waals surface area contributed by atoms with Crippen molar-refractivity contribution in [2.45, 2.75) is 167 Å². The van der Waals surface area contributed by atoms with Crippen molar-refractivity contribution in [2.75, 3.05) is 13.2 Å². The van der Waals surface area contributed by atoms with Crippen molar-refractivity contribution in [3.63, 3.8) is 0 Å². The van der Waals surface area contributed by atoms with E-state index in [9.17, 15) is 9.59 Å². The van der Waals surface area contributed by atoms with E-state index in [-0.39, 0.29) is 11.9 Å². The monoisotopic (exact) mass is 480 g/mol. The summed E-state index contributed by atoms with van der Waals surface area (Å²) in [5, 5.41) is 0. The highest BCUT2D eigenvalue weighted by Gasteiger charge is 2.04. The molecule has 0 amide bonds. The van der Waals surface area contributed by atoms with Crippen LogP contribution in [0.4, 0.5) is 0 Å². The summed E-state index contributed by atoms with van der Waals surface area (Å²) in [5.74, 6) is -0.0672.